The SMILES string of the molecule is Cl.NC(N)=NN=Cc1cccn1Cc1cccc(Cl)c1. The summed E-state index contributed by atoms with van der Waals surface area (Å²) in [5.41, 5.74) is 12.4. The monoisotopic (exact) mass is 311 g/mol. The van der Waals surface area contributed by atoms with E-state index in [-0.39, 0.29) is 18.4 Å². The predicted octanol–water partition coefficient (Wildman–Crippen LogP) is 2.22. The zero-order chi connectivity index (χ0) is 13.7. The van der Waals surface area contributed by atoms with E-state index < -0.39 is 0 Å². The smallest absolute Gasteiger partial charge is 0.211 e. The minimum Gasteiger partial charge on any atom is -0.369 e. The van der Waals surface area contributed by atoms with Crippen LogP contribution >= 0.6 is 24.0 Å². The Morgan fingerprint density at radius 2 is 2.05 bits per heavy atom. The van der Waals surface area contributed by atoms with Crippen molar-refractivity contribution in [2.24, 2.45) is 21.7 Å². The van der Waals surface area contributed by atoms with Gasteiger partial charge in [0.2, 0.25) is 5.96 Å². The summed E-state index contributed by atoms with van der Waals surface area (Å²) in [5.74, 6) is -0.0656. The Bertz CT molecular complexity index is 615. The molecule has 5 nitrogen and oxygen atoms in total. The second kappa shape index (κ2) is 7.57. The molecule has 0 spiro atoms. The molecular formula is C13H15Cl2N5. The van der Waals surface area contributed by atoms with Gasteiger partial charge in [-0.25, -0.2) is 0 Å². The van der Waals surface area contributed by atoms with Crippen LogP contribution in [0.2, 0.25) is 5.02 Å². The summed E-state index contributed by atoms with van der Waals surface area (Å²) >= 11 is 5.96. The van der Waals surface area contributed by atoms with Gasteiger partial charge in [0.25, 0.3) is 0 Å². The molecule has 1 heterocycles. The first-order valence-corrected chi connectivity index (χ1v) is 6.04. The van der Waals surface area contributed by atoms with Gasteiger partial charge in [-0.3, -0.25) is 0 Å². The Hall–Kier alpha value is -1.98. The summed E-state index contributed by atoms with van der Waals surface area (Å²) in [7, 11) is 0. The van der Waals surface area contributed by atoms with Crippen molar-refractivity contribution in [3.8, 4) is 0 Å². The maximum absolute atomic E-state index is 5.96. The second-order valence-corrected chi connectivity index (χ2v) is 4.40. The molecule has 4 N–H and O–H groups in total. The maximum atomic E-state index is 5.96. The molecule has 0 unspecified atom stereocenters. The van der Waals surface area contributed by atoms with Crippen molar-refractivity contribution in [2.45, 2.75) is 6.54 Å². The van der Waals surface area contributed by atoms with E-state index in [1.165, 1.54) is 0 Å². The first-order chi connectivity index (χ1) is 9.15. The van der Waals surface area contributed by atoms with Gasteiger partial charge in [-0.15, -0.1) is 17.5 Å². The fourth-order valence-corrected chi connectivity index (χ4v) is 1.89. The molecule has 0 amide bonds. The average Bonchev–Trinajstić information content (AvgIpc) is 2.76. The molecule has 106 valence electrons. The lowest BCUT2D eigenvalue weighted by Crippen LogP contribution is -2.21. The normalized spacial score (nSPS) is 10.2. The first kappa shape index (κ1) is 16.1. The van der Waals surface area contributed by atoms with Crippen molar-refractivity contribution in [3.05, 3.63) is 58.9 Å². The lowest BCUT2D eigenvalue weighted by Gasteiger charge is -2.06. The van der Waals surface area contributed by atoms with Crippen molar-refractivity contribution in [3.63, 3.8) is 0 Å². The van der Waals surface area contributed by atoms with Crippen LogP contribution in [0, 0.1) is 0 Å². The molecule has 0 bridgehead atoms. The number of benzene rings is 1. The van der Waals surface area contributed by atoms with Crippen molar-refractivity contribution in [1.29, 1.82) is 0 Å². The highest BCUT2D eigenvalue weighted by molar-refractivity contribution is 6.30. The quantitative estimate of drug-likeness (QED) is 0.515. The number of guanidine groups is 1. The van der Waals surface area contributed by atoms with E-state index in [1.807, 2.05) is 47.2 Å². The minimum absolute atomic E-state index is 0. The van der Waals surface area contributed by atoms with E-state index in [2.05, 4.69) is 10.2 Å². The summed E-state index contributed by atoms with van der Waals surface area (Å²) in [6.07, 6.45) is 3.56. The van der Waals surface area contributed by atoms with Crippen LogP contribution in [0.15, 0.2) is 52.8 Å². The molecule has 2 aromatic rings. The highest BCUT2D eigenvalue weighted by atomic mass is 35.5. The van der Waals surface area contributed by atoms with E-state index in [0.29, 0.717) is 6.54 Å². The van der Waals surface area contributed by atoms with Crippen LogP contribution in [-0.2, 0) is 6.54 Å². The molecule has 1 aromatic heterocycles. The van der Waals surface area contributed by atoms with Crippen molar-refractivity contribution >= 4 is 36.2 Å². The molecule has 20 heavy (non-hydrogen) atoms. The number of halogens is 2. The topological polar surface area (TPSA) is 81.7 Å². The third-order valence-corrected chi connectivity index (χ3v) is 2.70. The lowest BCUT2D eigenvalue weighted by molar-refractivity contribution is 0.800. The molecule has 0 radical (unpaired) electrons. The Kier molecular flexibility index (Phi) is 6.09. The van der Waals surface area contributed by atoms with Gasteiger partial charge in [-0.1, -0.05) is 23.7 Å². The van der Waals surface area contributed by atoms with Crippen molar-refractivity contribution in [1.82, 2.24) is 4.57 Å². The zero-order valence-corrected chi connectivity index (χ0v) is 12.2. The largest absolute Gasteiger partial charge is 0.369 e. The van der Waals surface area contributed by atoms with E-state index in [9.17, 15) is 0 Å². The summed E-state index contributed by atoms with van der Waals surface area (Å²) in [4.78, 5) is 0. The second-order valence-electron chi connectivity index (χ2n) is 3.96. The molecule has 2 rings (SSSR count). The van der Waals surface area contributed by atoms with Crippen LogP contribution < -0.4 is 11.5 Å². The number of nitrogens with two attached hydrogens (primary N) is 2. The fourth-order valence-electron chi connectivity index (χ4n) is 1.68. The van der Waals surface area contributed by atoms with Gasteiger partial charge in [0, 0.05) is 17.8 Å². The van der Waals surface area contributed by atoms with Crippen molar-refractivity contribution < 1.29 is 0 Å². The molecular weight excluding hydrogens is 297 g/mol. The summed E-state index contributed by atoms with van der Waals surface area (Å²) in [6, 6.07) is 11.6. The lowest BCUT2D eigenvalue weighted by atomic mass is 10.2. The Morgan fingerprint density at radius 3 is 2.75 bits per heavy atom. The number of aromatic nitrogens is 1. The van der Waals surface area contributed by atoms with Gasteiger partial charge in [0.15, 0.2) is 0 Å². The highest BCUT2D eigenvalue weighted by Gasteiger charge is 2.00. The average molecular weight is 312 g/mol. The highest BCUT2D eigenvalue weighted by Crippen LogP contribution is 2.13. The van der Waals surface area contributed by atoms with Crippen LogP contribution in [0.4, 0.5) is 0 Å². The molecule has 1 aromatic carbocycles. The summed E-state index contributed by atoms with van der Waals surface area (Å²) in [6.45, 7) is 0.705. The third-order valence-electron chi connectivity index (χ3n) is 2.47. The van der Waals surface area contributed by atoms with E-state index >= 15 is 0 Å². The standard InChI is InChI=1S/C13H14ClN5.ClH/c14-11-4-1-3-10(7-11)9-19-6-2-5-12(19)8-17-18-13(15)16;/h1-8H,9H2,(H4,15,16,18);1H. The molecule has 0 aliphatic rings. The Balaban J connectivity index is 0.00000200. The first-order valence-electron chi connectivity index (χ1n) is 5.67. The molecule has 0 fully saturated rings. The number of rotatable bonds is 4. The minimum atomic E-state index is -0.0656. The molecule has 0 saturated heterocycles. The van der Waals surface area contributed by atoms with Crippen LogP contribution in [0.3, 0.4) is 0 Å². The summed E-state index contributed by atoms with van der Waals surface area (Å²) in [5, 5.41) is 8.09. The van der Waals surface area contributed by atoms with Crippen LogP contribution in [0.1, 0.15) is 11.3 Å². The predicted molar refractivity (Wildman–Crippen MR) is 85.6 cm³/mol. The van der Waals surface area contributed by atoms with Gasteiger partial charge in [0.1, 0.15) is 0 Å². The summed E-state index contributed by atoms with van der Waals surface area (Å²) < 4.78 is 2.03. The molecule has 7 heteroatoms. The maximum Gasteiger partial charge on any atom is 0.211 e. The van der Waals surface area contributed by atoms with E-state index in [4.69, 9.17) is 23.1 Å². The van der Waals surface area contributed by atoms with Gasteiger partial charge < -0.3 is 16.0 Å². The van der Waals surface area contributed by atoms with Crippen LogP contribution in [-0.4, -0.2) is 16.7 Å². The van der Waals surface area contributed by atoms with Crippen molar-refractivity contribution in [2.75, 3.05) is 0 Å². The van der Waals surface area contributed by atoms with Crippen LogP contribution in [0.25, 0.3) is 0 Å². The van der Waals surface area contributed by atoms with Gasteiger partial charge in [0.05, 0.1) is 11.9 Å². The molecule has 0 saturated carbocycles. The van der Waals surface area contributed by atoms with Gasteiger partial charge >= 0.3 is 0 Å². The van der Waals surface area contributed by atoms with Crippen LogP contribution in [0.5, 0.6) is 0 Å². The molecule has 0 aliphatic carbocycles. The van der Waals surface area contributed by atoms with Gasteiger partial charge in [-0.05, 0) is 29.8 Å². The molecule has 0 aliphatic heterocycles. The zero-order valence-electron chi connectivity index (χ0n) is 10.6. The molecule has 0 atom stereocenters. The number of hydrogen-bond donors (Lipinski definition) is 2. The van der Waals surface area contributed by atoms with Gasteiger partial charge in [-0.2, -0.15) is 5.10 Å². The fraction of sp³-hybridized carbons (Fsp3) is 0.0769. The Morgan fingerprint density at radius 1 is 1.25 bits per heavy atom. The number of hydrogen-bond acceptors (Lipinski definition) is 2. The third kappa shape index (κ3) is 4.60. The van der Waals surface area contributed by atoms with E-state index in [0.717, 1.165) is 16.3 Å². The Labute approximate surface area is 128 Å². The number of nitrogens with zero attached hydrogens (tertiary/aromatic N) is 3. The van der Waals surface area contributed by atoms with E-state index in [1.54, 1.807) is 6.21 Å².